The van der Waals surface area contributed by atoms with E-state index in [1.807, 2.05) is 0 Å². The first-order chi connectivity index (χ1) is 9.65. The van der Waals surface area contributed by atoms with Crippen LogP contribution in [0.25, 0.3) is 11.4 Å². The van der Waals surface area contributed by atoms with Gasteiger partial charge in [0.2, 0.25) is 0 Å². The lowest BCUT2D eigenvalue weighted by Gasteiger charge is -2.13. The van der Waals surface area contributed by atoms with Crippen molar-refractivity contribution in [3.8, 4) is 11.4 Å². The molecular weight excluding hydrogens is 390 g/mol. The average Bonchev–Trinajstić information content (AvgIpc) is 2.95. The average molecular weight is 403 g/mol. The lowest BCUT2D eigenvalue weighted by molar-refractivity contribution is 0.628. The summed E-state index contributed by atoms with van der Waals surface area (Å²) < 4.78 is 14.3. The summed E-state index contributed by atoms with van der Waals surface area (Å²) in [6, 6.07) is 6.32. The van der Waals surface area contributed by atoms with Crippen molar-refractivity contribution in [3.63, 3.8) is 0 Å². The van der Waals surface area contributed by atoms with Crippen molar-refractivity contribution in [1.29, 1.82) is 0 Å². The number of nitrogens with zero attached hydrogens (tertiary/aromatic N) is 2. The van der Waals surface area contributed by atoms with Gasteiger partial charge in [-0.05, 0) is 47.6 Å². The standard InChI is InChI=1S/C15H13ClFIN2/c16-14-12(18)13(9-4-1-2-5-9)19-15(20-14)10-6-3-7-11(17)8-10/h3,6-9H,1-2,4-5H2. The summed E-state index contributed by atoms with van der Waals surface area (Å²) in [5.74, 6) is 0.676. The van der Waals surface area contributed by atoms with E-state index in [0.717, 1.165) is 22.1 Å². The number of rotatable bonds is 2. The first kappa shape index (κ1) is 14.2. The van der Waals surface area contributed by atoms with E-state index in [0.29, 0.717) is 22.5 Å². The number of benzene rings is 1. The minimum atomic E-state index is -0.289. The summed E-state index contributed by atoms with van der Waals surface area (Å²) in [5, 5.41) is 0.460. The summed E-state index contributed by atoms with van der Waals surface area (Å²) in [4.78, 5) is 8.95. The zero-order valence-corrected chi connectivity index (χ0v) is 13.7. The molecule has 1 fully saturated rings. The summed E-state index contributed by atoms with van der Waals surface area (Å²) >= 11 is 8.44. The van der Waals surface area contributed by atoms with Gasteiger partial charge in [-0.3, -0.25) is 0 Å². The van der Waals surface area contributed by atoms with Gasteiger partial charge in [0.1, 0.15) is 11.0 Å². The van der Waals surface area contributed by atoms with Crippen LogP contribution in [0.1, 0.15) is 37.3 Å². The monoisotopic (exact) mass is 402 g/mol. The summed E-state index contributed by atoms with van der Waals surface area (Å²) in [6.07, 6.45) is 4.76. The first-order valence-electron chi connectivity index (χ1n) is 6.64. The number of halogens is 3. The highest BCUT2D eigenvalue weighted by Crippen LogP contribution is 2.37. The molecule has 0 atom stereocenters. The van der Waals surface area contributed by atoms with Crippen LogP contribution in [0.4, 0.5) is 4.39 Å². The van der Waals surface area contributed by atoms with Crippen molar-refractivity contribution in [2.75, 3.05) is 0 Å². The Kier molecular flexibility index (Phi) is 4.21. The molecule has 2 nitrogen and oxygen atoms in total. The van der Waals surface area contributed by atoms with E-state index in [4.69, 9.17) is 11.6 Å². The maximum absolute atomic E-state index is 13.3. The zero-order chi connectivity index (χ0) is 14.1. The van der Waals surface area contributed by atoms with Crippen molar-refractivity contribution in [2.45, 2.75) is 31.6 Å². The molecule has 0 amide bonds. The fraction of sp³-hybridized carbons (Fsp3) is 0.333. The smallest absolute Gasteiger partial charge is 0.161 e. The molecule has 1 aliphatic rings. The maximum Gasteiger partial charge on any atom is 0.161 e. The van der Waals surface area contributed by atoms with Crippen molar-refractivity contribution in [3.05, 3.63) is 44.5 Å². The Morgan fingerprint density at radius 3 is 2.65 bits per heavy atom. The second kappa shape index (κ2) is 5.93. The van der Waals surface area contributed by atoms with Crippen LogP contribution in [0.2, 0.25) is 5.15 Å². The van der Waals surface area contributed by atoms with Gasteiger partial charge >= 0.3 is 0 Å². The number of hydrogen-bond acceptors (Lipinski definition) is 2. The lowest BCUT2D eigenvalue weighted by Crippen LogP contribution is -2.04. The van der Waals surface area contributed by atoms with Gasteiger partial charge < -0.3 is 0 Å². The Balaban J connectivity index is 2.08. The van der Waals surface area contributed by atoms with Crippen molar-refractivity contribution in [1.82, 2.24) is 9.97 Å². The Morgan fingerprint density at radius 2 is 1.95 bits per heavy atom. The van der Waals surface area contributed by atoms with E-state index in [9.17, 15) is 4.39 Å². The van der Waals surface area contributed by atoms with E-state index in [1.54, 1.807) is 12.1 Å². The molecule has 2 aromatic rings. The highest BCUT2D eigenvalue weighted by molar-refractivity contribution is 14.1. The minimum Gasteiger partial charge on any atom is -0.232 e. The third-order valence-electron chi connectivity index (χ3n) is 3.66. The molecule has 1 aromatic carbocycles. The molecule has 0 saturated heterocycles. The van der Waals surface area contributed by atoms with Gasteiger partial charge in [-0.2, -0.15) is 0 Å². The third kappa shape index (κ3) is 2.81. The first-order valence-corrected chi connectivity index (χ1v) is 8.09. The van der Waals surface area contributed by atoms with Gasteiger partial charge in [0.25, 0.3) is 0 Å². The molecule has 20 heavy (non-hydrogen) atoms. The number of aromatic nitrogens is 2. The topological polar surface area (TPSA) is 25.8 Å². The molecule has 3 rings (SSSR count). The summed E-state index contributed by atoms with van der Waals surface area (Å²) in [6.45, 7) is 0. The van der Waals surface area contributed by atoms with E-state index in [-0.39, 0.29) is 5.82 Å². The molecule has 0 radical (unpaired) electrons. The van der Waals surface area contributed by atoms with Crippen LogP contribution < -0.4 is 0 Å². The second-order valence-corrected chi connectivity index (χ2v) is 6.47. The van der Waals surface area contributed by atoms with E-state index in [1.165, 1.54) is 25.0 Å². The molecule has 104 valence electrons. The quantitative estimate of drug-likeness (QED) is 0.510. The van der Waals surface area contributed by atoms with Gasteiger partial charge in [0.15, 0.2) is 5.82 Å². The Bertz CT molecular complexity index is 642. The summed E-state index contributed by atoms with van der Waals surface area (Å²) in [7, 11) is 0. The van der Waals surface area contributed by atoms with Crippen LogP contribution in [0, 0.1) is 9.39 Å². The fourth-order valence-corrected chi connectivity index (χ4v) is 3.52. The predicted molar refractivity (Wildman–Crippen MR) is 86.4 cm³/mol. The van der Waals surface area contributed by atoms with Crippen molar-refractivity contribution >= 4 is 34.2 Å². The SMILES string of the molecule is Fc1cccc(-c2nc(Cl)c(I)c(C3CCCC3)n2)c1. The van der Waals surface area contributed by atoms with E-state index < -0.39 is 0 Å². The number of hydrogen-bond donors (Lipinski definition) is 0. The van der Waals surface area contributed by atoms with Crippen LogP contribution in [0.15, 0.2) is 24.3 Å². The zero-order valence-electron chi connectivity index (χ0n) is 10.7. The molecule has 1 saturated carbocycles. The minimum absolute atomic E-state index is 0.289. The van der Waals surface area contributed by atoms with Crippen LogP contribution >= 0.6 is 34.2 Å². The second-order valence-electron chi connectivity index (χ2n) is 5.03. The molecule has 1 aliphatic carbocycles. The van der Waals surface area contributed by atoms with Gasteiger partial charge in [0.05, 0.1) is 9.26 Å². The maximum atomic E-state index is 13.3. The van der Waals surface area contributed by atoms with Crippen LogP contribution in [-0.4, -0.2) is 9.97 Å². The van der Waals surface area contributed by atoms with Gasteiger partial charge in [-0.1, -0.05) is 36.6 Å². The van der Waals surface area contributed by atoms with Gasteiger partial charge in [-0.25, -0.2) is 14.4 Å². The fourth-order valence-electron chi connectivity index (χ4n) is 2.66. The van der Waals surface area contributed by atoms with Crippen molar-refractivity contribution < 1.29 is 4.39 Å². The molecular formula is C15H13ClFIN2. The normalized spacial score (nSPS) is 15.8. The third-order valence-corrected chi connectivity index (χ3v) is 5.32. The lowest BCUT2D eigenvalue weighted by atomic mass is 10.0. The van der Waals surface area contributed by atoms with E-state index in [2.05, 4.69) is 32.6 Å². The highest BCUT2D eigenvalue weighted by Gasteiger charge is 2.23. The molecule has 1 heterocycles. The van der Waals surface area contributed by atoms with Crippen LogP contribution in [0.3, 0.4) is 0 Å². The highest BCUT2D eigenvalue weighted by atomic mass is 127. The summed E-state index contributed by atoms with van der Waals surface area (Å²) in [5.41, 5.74) is 1.69. The molecule has 0 aliphatic heterocycles. The molecule has 1 aromatic heterocycles. The van der Waals surface area contributed by atoms with Crippen LogP contribution in [-0.2, 0) is 0 Å². The van der Waals surface area contributed by atoms with Crippen molar-refractivity contribution in [2.24, 2.45) is 0 Å². The predicted octanol–water partition coefficient (Wildman–Crippen LogP) is 5.20. The van der Waals surface area contributed by atoms with Crippen LogP contribution in [0.5, 0.6) is 0 Å². The Morgan fingerprint density at radius 1 is 1.20 bits per heavy atom. The molecule has 0 N–H and O–H groups in total. The molecule has 0 unspecified atom stereocenters. The van der Waals surface area contributed by atoms with Gasteiger partial charge in [-0.15, -0.1) is 0 Å². The molecule has 0 bridgehead atoms. The Hall–Kier alpha value is -0.750. The Labute approximate surface area is 135 Å². The molecule has 5 heteroatoms. The molecule has 0 spiro atoms. The largest absolute Gasteiger partial charge is 0.232 e. The van der Waals surface area contributed by atoms with Gasteiger partial charge in [0, 0.05) is 11.5 Å². The van der Waals surface area contributed by atoms with E-state index >= 15 is 0 Å².